The lowest BCUT2D eigenvalue weighted by Gasteiger charge is -2.12. The molecule has 29 heavy (non-hydrogen) atoms. The number of ether oxygens (including phenoxy) is 2. The second-order valence-electron chi connectivity index (χ2n) is 6.21. The Labute approximate surface area is 175 Å². The van der Waals surface area contributed by atoms with Crippen molar-refractivity contribution in [3.05, 3.63) is 52.5 Å². The lowest BCUT2D eigenvalue weighted by Crippen LogP contribution is -2.24. The lowest BCUT2D eigenvalue weighted by atomic mass is 10.2. The fraction of sp³-hybridized carbons (Fsp3) is 0.286. The van der Waals surface area contributed by atoms with E-state index < -0.39 is 11.8 Å². The second-order valence-corrected chi connectivity index (χ2v) is 6.62. The molecule has 0 radical (unpaired) electrons. The molecule has 0 saturated heterocycles. The number of aryl methyl sites for hydroxylation is 1. The number of methoxy groups -OCH3 is 1. The van der Waals surface area contributed by atoms with Gasteiger partial charge in [0.2, 0.25) is 11.8 Å². The van der Waals surface area contributed by atoms with Crippen LogP contribution in [-0.4, -0.2) is 31.7 Å². The van der Waals surface area contributed by atoms with E-state index in [1.165, 1.54) is 6.21 Å². The summed E-state index contributed by atoms with van der Waals surface area (Å²) in [5.74, 6) is 0.107. The van der Waals surface area contributed by atoms with Crippen LogP contribution in [0.4, 0.5) is 5.69 Å². The van der Waals surface area contributed by atoms with E-state index in [2.05, 4.69) is 15.8 Å². The van der Waals surface area contributed by atoms with E-state index in [1.807, 2.05) is 13.8 Å². The van der Waals surface area contributed by atoms with Crippen molar-refractivity contribution in [2.75, 3.05) is 19.0 Å². The zero-order valence-electron chi connectivity index (χ0n) is 16.6. The van der Waals surface area contributed by atoms with Crippen molar-refractivity contribution in [2.24, 2.45) is 5.10 Å². The van der Waals surface area contributed by atoms with Gasteiger partial charge in [-0.1, -0.05) is 30.7 Å². The van der Waals surface area contributed by atoms with Crippen molar-refractivity contribution >= 4 is 35.3 Å². The van der Waals surface area contributed by atoms with Crippen LogP contribution in [0.5, 0.6) is 11.5 Å². The van der Waals surface area contributed by atoms with Crippen LogP contribution in [0.25, 0.3) is 0 Å². The highest BCUT2D eigenvalue weighted by Gasteiger charge is 2.11. The lowest BCUT2D eigenvalue weighted by molar-refractivity contribution is -0.126. The first-order valence-corrected chi connectivity index (χ1v) is 9.50. The summed E-state index contributed by atoms with van der Waals surface area (Å²) in [6.07, 6.45) is 1.91. The van der Waals surface area contributed by atoms with Crippen molar-refractivity contribution in [1.29, 1.82) is 0 Å². The molecule has 154 valence electrons. The Hall–Kier alpha value is -3.06. The van der Waals surface area contributed by atoms with Gasteiger partial charge in [0.05, 0.1) is 19.9 Å². The van der Waals surface area contributed by atoms with Crippen molar-refractivity contribution in [3.63, 3.8) is 0 Å². The minimum atomic E-state index is -0.545. The van der Waals surface area contributed by atoms with Crippen molar-refractivity contribution in [3.8, 4) is 11.5 Å². The fourth-order valence-corrected chi connectivity index (χ4v) is 2.57. The molecule has 0 aromatic heterocycles. The molecule has 0 heterocycles. The molecular weight excluding hydrogens is 394 g/mol. The summed E-state index contributed by atoms with van der Waals surface area (Å²) in [4.78, 5) is 24.0. The van der Waals surface area contributed by atoms with Gasteiger partial charge >= 0.3 is 0 Å². The molecule has 7 nitrogen and oxygen atoms in total. The average Bonchev–Trinajstić information content (AvgIpc) is 2.69. The zero-order chi connectivity index (χ0) is 21.2. The summed E-state index contributed by atoms with van der Waals surface area (Å²) in [5, 5.41) is 7.07. The summed E-state index contributed by atoms with van der Waals surface area (Å²) >= 11 is 6.03. The molecule has 0 aliphatic rings. The zero-order valence-corrected chi connectivity index (χ0v) is 17.4. The van der Waals surface area contributed by atoms with E-state index in [4.69, 9.17) is 21.1 Å². The maximum atomic E-state index is 12.0. The number of para-hydroxylation sites is 1. The molecule has 0 atom stereocenters. The number of anilines is 1. The van der Waals surface area contributed by atoms with Gasteiger partial charge in [0.1, 0.15) is 6.42 Å². The van der Waals surface area contributed by atoms with Crippen LogP contribution < -0.4 is 20.2 Å². The van der Waals surface area contributed by atoms with Crippen LogP contribution in [0.3, 0.4) is 0 Å². The number of carbonyl (C=O) groups is 2. The van der Waals surface area contributed by atoms with Crippen LogP contribution in [-0.2, 0) is 9.59 Å². The number of halogens is 1. The van der Waals surface area contributed by atoms with Crippen molar-refractivity contribution in [1.82, 2.24) is 5.43 Å². The maximum Gasteiger partial charge on any atom is 0.249 e. The number of hydrazone groups is 1. The predicted octanol–water partition coefficient (Wildman–Crippen LogP) is 3.92. The summed E-state index contributed by atoms with van der Waals surface area (Å²) in [6.45, 7) is 4.39. The molecule has 2 N–H and O–H groups in total. The smallest absolute Gasteiger partial charge is 0.249 e. The number of hydrogen-bond donors (Lipinski definition) is 2. The summed E-state index contributed by atoms with van der Waals surface area (Å²) in [6, 6.07) is 10.5. The van der Waals surface area contributed by atoms with E-state index in [0.29, 0.717) is 34.4 Å². The van der Waals surface area contributed by atoms with Crippen LogP contribution in [0.15, 0.2) is 41.5 Å². The van der Waals surface area contributed by atoms with Gasteiger partial charge in [0.15, 0.2) is 11.5 Å². The highest BCUT2D eigenvalue weighted by Crippen LogP contribution is 2.30. The third-order valence-electron chi connectivity index (χ3n) is 3.85. The maximum absolute atomic E-state index is 12.0. The molecule has 2 amide bonds. The van der Waals surface area contributed by atoms with E-state index in [-0.39, 0.29) is 6.42 Å². The van der Waals surface area contributed by atoms with E-state index >= 15 is 0 Å². The van der Waals surface area contributed by atoms with Gasteiger partial charge in [-0.25, -0.2) is 5.43 Å². The monoisotopic (exact) mass is 417 g/mol. The number of nitrogens with one attached hydrogen (secondary N) is 2. The molecule has 0 saturated carbocycles. The molecule has 2 aromatic carbocycles. The number of rotatable bonds is 9. The largest absolute Gasteiger partial charge is 0.493 e. The molecular formula is C21H24ClN3O4. The third kappa shape index (κ3) is 6.80. The van der Waals surface area contributed by atoms with Crippen LogP contribution in [0, 0.1) is 6.92 Å². The Morgan fingerprint density at radius 1 is 1.21 bits per heavy atom. The molecule has 8 heteroatoms. The summed E-state index contributed by atoms with van der Waals surface area (Å²) in [7, 11) is 1.55. The minimum absolute atomic E-state index is 0.375. The number of carbonyl (C=O) groups excluding carboxylic acids is 2. The van der Waals surface area contributed by atoms with Crippen molar-refractivity contribution < 1.29 is 19.1 Å². The Bertz CT molecular complexity index is 899. The molecule has 0 aliphatic carbocycles. The molecule has 0 spiro atoms. The molecule has 0 fully saturated rings. The van der Waals surface area contributed by atoms with Gasteiger partial charge in [-0.3, -0.25) is 9.59 Å². The first-order valence-electron chi connectivity index (χ1n) is 9.12. The number of amides is 2. The van der Waals surface area contributed by atoms with Crippen LogP contribution >= 0.6 is 11.6 Å². The topological polar surface area (TPSA) is 89.0 Å². The number of nitrogens with zero attached hydrogens (tertiary/aromatic N) is 1. The number of benzene rings is 2. The molecule has 0 aliphatic heterocycles. The van der Waals surface area contributed by atoms with Crippen LogP contribution in [0.1, 0.15) is 30.9 Å². The normalized spacial score (nSPS) is 10.6. The Morgan fingerprint density at radius 2 is 2.00 bits per heavy atom. The van der Waals surface area contributed by atoms with Gasteiger partial charge in [0, 0.05) is 16.3 Å². The van der Waals surface area contributed by atoms with Gasteiger partial charge in [-0.15, -0.1) is 0 Å². The summed E-state index contributed by atoms with van der Waals surface area (Å²) in [5.41, 5.74) is 4.41. The minimum Gasteiger partial charge on any atom is -0.493 e. The second kappa shape index (κ2) is 11.1. The van der Waals surface area contributed by atoms with Crippen LogP contribution in [0.2, 0.25) is 5.02 Å². The van der Waals surface area contributed by atoms with E-state index in [0.717, 1.165) is 12.0 Å². The third-order valence-corrected chi connectivity index (χ3v) is 4.26. The molecule has 2 rings (SSSR count). The first kappa shape index (κ1) is 22.2. The van der Waals surface area contributed by atoms with Gasteiger partial charge in [0.25, 0.3) is 0 Å². The molecule has 0 unspecified atom stereocenters. The molecule has 0 bridgehead atoms. The Balaban J connectivity index is 1.93. The van der Waals surface area contributed by atoms with Crippen molar-refractivity contribution in [2.45, 2.75) is 26.7 Å². The van der Waals surface area contributed by atoms with Gasteiger partial charge in [-0.05, 0) is 43.2 Å². The predicted molar refractivity (Wildman–Crippen MR) is 114 cm³/mol. The first-order chi connectivity index (χ1) is 13.9. The molecule has 2 aromatic rings. The Morgan fingerprint density at radius 3 is 2.69 bits per heavy atom. The number of hydrogen-bond acceptors (Lipinski definition) is 5. The Kier molecular flexibility index (Phi) is 8.48. The quantitative estimate of drug-likeness (QED) is 0.367. The fourth-order valence-electron chi connectivity index (χ4n) is 2.39. The van der Waals surface area contributed by atoms with Gasteiger partial charge < -0.3 is 14.8 Å². The highest BCUT2D eigenvalue weighted by atomic mass is 35.5. The van der Waals surface area contributed by atoms with E-state index in [9.17, 15) is 9.59 Å². The summed E-state index contributed by atoms with van der Waals surface area (Å²) < 4.78 is 11.0. The SMILES string of the molecule is CCCOc1c(C=NNC(=O)CC(=O)Nc2ccc(C)c(Cl)c2)cccc1OC. The highest BCUT2D eigenvalue weighted by molar-refractivity contribution is 6.31. The average molecular weight is 418 g/mol. The van der Waals surface area contributed by atoms with Gasteiger partial charge in [-0.2, -0.15) is 5.10 Å². The van der Waals surface area contributed by atoms with E-state index in [1.54, 1.807) is 43.5 Å². The standard InChI is InChI=1S/C21H24ClN3O4/c1-4-10-29-21-15(6-5-7-18(21)28-3)13-23-25-20(27)12-19(26)24-16-9-8-14(2)17(22)11-16/h5-9,11,13H,4,10,12H2,1-3H3,(H,24,26)(H,25,27).